The first kappa shape index (κ1) is 18.7. The van der Waals surface area contributed by atoms with Crippen molar-refractivity contribution in [2.24, 2.45) is 5.92 Å². The van der Waals surface area contributed by atoms with Crippen molar-refractivity contribution in [3.8, 4) is 0 Å². The van der Waals surface area contributed by atoms with Crippen LogP contribution in [0.3, 0.4) is 0 Å². The maximum absolute atomic E-state index is 12.5. The van der Waals surface area contributed by atoms with Crippen LogP contribution in [0.1, 0.15) is 70.6 Å². The highest BCUT2D eigenvalue weighted by Crippen LogP contribution is 2.28. The average Bonchev–Trinajstić information content (AvgIpc) is 2.87. The summed E-state index contributed by atoms with van der Waals surface area (Å²) in [5.41, 5.74) is 0. The molecule has 1 N–H and O–H groups in total. The number of rotatable bonds is 5. The van der Waals surface area contributed by atoms with Crippen molar-refractivity contribution in [2.45, 2.75) is 76.7 Å². The molecule has 1 unspecified atom stereocenters. The zero-order chi connectivity index (χ0) is 17.5. The second-order valence-corrected chi connectivity index (χ2v) is 8.14. The molecule has 2 amide bonds. The van der Waals surface area contributed by atoms with Crippen LogP contribution in [0.4, 0.5) is 0 Å². The predicted octanol–water partition coefficient (Wildman–Crippen LogP) is 2.55. The van der Waals surface area contributed by atoms with E-state index in [1.165, 1.54) is 38.5 Å². The fourth-order valence-corrected chi connectivity index (χ4v) is 4.79. The summed E-state index contributed by atoms with van der Waals surface area (Å²) in [6.07, 6.45) is 12.6. The van der Waals surface area contributed by atoms with E-state index in [0.717, 1.165) is 64.3 Å². The summed E-state index contributed by atoms with van der Waals surface area (Å²) >= 11 is 0. The zero-order valence-corrected chi connectivity index (χ0v) is 15.7. The van der Waals surface area contributed by atoms with Crippen LogP contribution in [0.25, 0.3) is 0 Å². The molecule has 0 aromatic heterocycles. The van der Waals surface area contributed by atoms with E-state index < -0.39 is 0 Å². The van der Waals surface area contributed by atoms with Gasteiger partial charge in [0.25, 0.3) is 0 Å². The Bertz CT molecular complexity index is 440. The molecule has 5 nitrogen and oxygen atoms in total. The van der Waals surface area contributed by atoms with Crippen LogP contribution in [0, 0.1) is 5.92 Å². The molecule has 0 bridgehead atoms. The Labute approximate surface area is 152 Å². The monoisotopic (exact) mass is 349 g/mol. The number of nitrogens with zero attached hydrogens (tertiary/aromatic N) is 2. The highest BCUT2D eigenvalue weighted by Gasteiger charge is 2.27. The lowest BCUT2D eigenvalue weighted by atomic mass is 9.86. The predicted molar refractivity (Wildman–Crippen MR) is 99.2 cm³/mol. The fourth-order valence-electron chi connectivity index (χ4n) is 4.79. The Morgan fingerprint density at radius 3 is 2.52 bits per heavy atom. The van der Waals surface area contributed by atoms with Crippen molar-refractivity contribution < 1.29 is 9.59 Å². The zero-order valence-electron chi connectivity index (χ0n) is 15.7. The minimum absolute atomic E-state index is 0.189. The van der Waals surface area contributed by atoms with Crippen molar-refractivity contribution in [1.82, 2.24) is 15.1 Å². The molecule has 5 heteroatoms. The van der Waals surface area contributed by atoms with Gasteiger partial charge in [-0.15, -0.1) is 0 Å². The van der Waals surface area contributed by atoms with Crippen molar-refractivity contribution in [3.63, 3.8) is 0 Å². The van der Waals surface area contributed by atoms with Gasteiger partial charge in [0, 0.05) is 51.6 Å². The third-order valence-corrected chi connectivity index (χ3v) is 6.42. The average molecular weight is 350 g/mol. The lowest BCUT2D eigenvalue weighted by Crippen LogP contribution is -2.52. The molecule has 2 aliphatic heterocycles. The molecule has 3 aliphatic rings. The van der Waals surface area contributed by atoms with Gasteiger partial charge in [0.2, 0.25) is 11.8 Å². The Morgan fingerprint density at radius 2 is 1.76 bits per heavy atom. The first-order valence-corrected chi connectivity index (χ1v) is 10.5. The number of hydrogen-bond donors (Lipinski definition) is 1. The third-order valence-electron chi connectivity index (χ3n) is 6.42. The summed E-state index contributed by atoms with van der Waals surface area (Å²) in [5, 5.41) is 2.96. The van der Waals surface area contributed by atoms with Gasteiger partial charge >= 0.3 is 0 Å². The molecule has 25 heavy (non-hydrogen) atoms. The van der Waals surface area contributed by atoms with E-state index in [1.807, 2.05) is 0 Å². The van der Waals surface area contributed by atoms with E-state index in [-0.39, 0.29) is 5.91 Å². The standard InChI is InChI=1S/C20H35N3O2/c24-19-10-9-18(11-12-21-19)22-13-15-23(16-14-22)20(25)8-4-7-17-5-2-1-3-6-17/h17-18H,1-16H2,(H,21,24). The summed E-state index contributed by atoms with van der Waals surface area (Å²) in [5.74, 6) is 1.42. The molecular weight excluding hydrogens is 314 g/mol. The molecule has 1 saturated carbocycles. The highest BCUT2D eigenvalue weighted by atomic mass is 16.2. The van der Waals surface area contributed by atoms with Crippen LogP contribution in [-0.2, 0) is 9.59 Å². The summed E-state index contributed by atoms with van der Waals surface area (Å²) in [7, 11) is 0. The molecule has 2 saturated heterocycles. The molecule has 1 aliphatic carbocycles. The Kier molecular flexibility index (Phi) is 7.14. The molecule has 0 radical (unpaired) electrons. The van der Waals surface area contributed by atoms with Gasteiger partial charge in [-0.3, -0.25) is 14.5 Å². The molecule has 0 spiro atoms. The summed E-state index contributed by atoms with van der Waals surface area (Å²) in [6.45, 7) is 4.45. The van der Waals surface area contributed by atoms with Crippen molar-refractivity contribution in [1.29, 1.82) is 0 Å². The van der Waals surface area contributed by atoms with Gasteiger partial charge < -0.3 is 10.2 Å². The van der Waals surface area contributed by atoms with E-state index >= 15 is 0 Å². The van der Waals surface area contributed by atoms with Crippen molar-refractivity contribution >= 4 is 11.8 Å². The van der Waals surface area contributed by atoms with Crippen LogP contribution in [0.15, 0.2) is 0 Å². The number of carbonyl (C=O) groups excluding carboxylic acids is 2. The Morgan fingerprint density at radius 1 is 1.00 bits per heavy atom. The van der Waals surface area contributed by atoms with Gasteiger partial charge in [-0.25, -0.2) is 0 Å². The number of piperazine rings is 1. The van der Waals surface area contributed by atoms with Gasteiger partial charge in [-0.1, -0.05) is 32.1 Å². The van der Waals surface area contributed by atoms with Crippen LogP contribution < -0.4 is 5.32 Å². The van der Waals surface area contributed by atoms with E-state index in [2.05, 4.69) is 15.1 Å². The molecule has 3 rings (SSSR count). The molecular formula is C20H35N3O2. The van der Waals surface area contributed by atoms with Crippen molar-refractivity contribution in [3.05, 3.63) is 0 Å². The molecule has 3 fully saturated rings. The minimum atomic E-state index is 0.189. The van der Waals surface area contributed by atoms with E-state index in [4.69, 9.17) is 0 Å². The lowest BCUT2D eigenvalue weighted by Gasteiger charge is -2.39. The maximum atomic E-state index is 12.5. The van der Waals surface area contributed by atoms with Gasteiger partial charge in [0.05, 0.1) is 0 Å². The summed E-state index contributed by atoms with van der Waals surface area (Å²) in [6, 6.07) is 0.502. The maximum Gasteiger partial charge on any atom is 0.222 e. The summed E-state index contributed by atoms with van der Waals surface area (Å²) < 4.78 is 0. The molecule has 2 heterocycles. The first-order valence-electron chi connectivity index (χ1n) is 10.5. The normalized spacial score (nSPS) is 27.0. The van der Waals surface area contributed by atoms with Gasteiger partial charge in [0.15, 0.2) is 0 Å². The fraction of sp³-hybridized carbons (Fsp3) is 0.900. The molecule has 0 aromatic carbocycles. The smallest absolute Gasteiger partial charge is 0.222 e. The summed E-state index contributed by atoms with van der Waals surface area (Å²) in [4.78, 5) is 28.5. The van der Waals surface area contributed by atoms with E-state index in [9.17, 15) is 9.59 Å². The van der Waals surface area contributed by atoms with Gasteiger partial charge in [-0.05, 0) is 31.6 Å². The first-order chi connectivity index (χ1) is 12.2. The number of carbonyl (C=O) groups is 2. The topological polar surface area (TPSA) is 52.7 Å². The molecule has 0 aromatic rings. The van der Waals surface area contributed by atoms with Crippen LogP contribution in [-0.4, -0.2) is 60.4 Å². The number of nitrogens with one attached hydrogen (secondary N) is 1. The van der Waals surface area contributed by atoms with E-state index in [1.54, 1.807) is 0 Å². The number of hydrogen-bond acceptors (Lipinski definition) is 3. The molecule has 1 atom stereocenters. The van der Waals surface area contributed by atoms with E-state index in [0.29, 0.717) is 18.4 Å². The van der Waals surface area contributed by atoms with Crippen LogP contribution in [0.2, 0.25) is 0 Å². The quantitative estimate of drug-likeness (QED) is 0.830. The van der Waals surface area contributed by atoms with Gasteiger partial charge in [-0.2, -0.15) is 0 Å². The highest BCUT2D eigenvalue weighted by molar-refractivity contribution is 5.76. The largest absolute Gasteiger partial charge is 0.356 e. The number of amides is 2. The Hall–Kier alpha value is -1.10. The van der Waals surface area contributed by atoms with Crippen LogP contribution in [0.5, 0.6) is 0 Å². The Balaban J connectivity index is 1.33. The SMILES string of the molecule is O=C1CCC(N2CCN(C(=O)CCCC3CCCCC3)CC2)CCN1. The second-order valence-electron chi connectivity index (χ2n) is 8.14. The van der Waals surface area contributed by atoms with Gasteiger partial charge in [0.1, 0.15) is 0 Å². The molecule has 142 valence electrons. The van der Waals surface area contributed by atoms with Crippen molar-refractivity contribution in [2.75, 3.05) is 32.7 Å². The van der Waals surface area contributed by atoms with Crippen LogP contribution >= 0.6 is 0 Å². The third kappa shape index (κ3) is 5.70. The second kappa shape index (κ2) is 9.56. The lowest BCUT2D eigenvalue weighted by molar-refractivity contribution is -0.133. The minimum Gasteiger partial charge on any atom is -0.356 e.